The van der Waals surface area contributed by atoms with Crippen LogP contribution in [0.5, 0.6) is 0 Å². The number of primary amides is 1. The third kappa shape index (κ3) is 5.75. The number of hydrogen-bond acceptors (Lipinski definition) is 2. The van der Waals surface area contributed by atoms with Gasteiger partial charge in [-0.1, -0.05) is 75.1 Å². The molecule has 0 bridgehead atoms. The van der Waals surface area contributed by atoms with Crippen molar-refractivity contribution in [3.8, 4) is 11.1 Å². The minimum Gasteiger partial charge on any atom is -0.368 e. The van der Waals surface area contributed by atoms with Crippen LogP contribution < -0.4 is 11.1 Å². The Balaban J connectivity index is 1.97. The van der Waals surface area contributed by atoms with Gasteiger partial charge >= 0.3 is 0 Å². The van der Waals surface area contributed by atoms with Crippen LogP contribution in [0.1, 0.15) is 49.4 Å². The molecule has 2 aromatic rings. The topological polar surface area (TPSA) is 72.2 Å². The van der Waals surface area contributed by atoms with Crippen molar-refractivity contribution in [3.05, 3.63) is 60.2 Å². The molecule has 0 heterocycles. The molecule has 2 rings (SSSR count). The van der Waals surface area contributed by atoms with Crippen LogP contribution in [-0.4, -0.2) is 17.9 Å². The summed E-state index contributed by atoms with van der Waals surface area (Å²) in [5.41, 5.74) is 8.09. The summed E-state index contributed by atoms with van der Waals surface area (Å²) in [6.45, 7) is 2.13. The van der Waals surface area contributed by atoms with Crippen molar-refractivity contribution in [3.63, 3.8) is 0 Å². The number of rotatable bonds is 9. The van der Waals surface area contributed by atoms with Crippen molar-refractivity contribution < 1.29 is 9.59 Å². The van der Waals surface area contributed by atoms with E-state index in [9.17, 15) is 9.59 Å². The second-order valence-corrected chi connectivity index (χ2v) is 6.22. The first-order valence-corrected chi connectivity index (χ1v) is 8.87. The summed E-state index contributed by atoms with van der Waals surface area (Å²) in [7, 11) is 0. The highest BCUT2D eigenvalue weighted by molar-refractivity contribution is 5.97. The normalized spacial score (nSPS) is 11.7. The maximum atomic E-state index is 12.4. The van der Waals surface area contributed by atoms with Gasteiger partial charge in [-0.2, -0.15) is 0 Å². The molecule has 3 N–H and O–H groups in total. The number of carbonyl (C=O) groups excluding carboxylic acids is 2. The summed E-state index contributed by atoms with van der Waals surface area (Å²) < 4.78 is 0. The van der Waals surface area contributed by atoms with Crippen LogP contribution in [0.4, 0.5) is 0 Å². The SMILES string of the molecule is CCCCCC[C@H](NC(=O)c1ccc(-c2ccccc2)cc1)C(N)=O. The summed E-state index contributed by atoms with van der Waals surface area (Å²) in [4.78, 5) is 24.0. The van der Waals surface area contributed by atoms with Gasteiger partial charge in [0.15, 0.2) is 0 Å². The lowest BCUT2D eigenvalue weighted by molar-refractivity contribution is -0.120. The van der Waals surface area contributed by atoms with Crippen LogP contribution >= 0.6 is 0 Å². The van der Waals surface area contributed by atoms with Gasteiger partial charge in [-0.15, -0.1) is 0 Å². The molecule has 0 unspecified atom stereocenters. The highest BCUT2D eigenvalue weighted by Gasteiger charge is 2.18. The molecule has 0 aromatic heterocycles. The van der Waals surface area contributed by atoms with Gasteiger partial charge in [-0.3, -0.25) is 9.59 Å². The third-order valence-corrected chi connectivity index (χ3v) is 4.25. The Labute approximate surface area is 149 Å². The Kier molecular flexibility index (Phi) is 7.20. The summed E-state index contributed by atoms with van der Waals surface area (Å²) in [6.07, 6.45) is 4.77. The van der Waals surface area contributed by atoms with Gasteiger partial charge in [0, 0.05) is 5.56 Å². The Bertz CT molecular complexity index is 681. The fraction of sp³-hybridized carbons (Fsp3) is 0.333. The molecule has 0 fully saturated rings. The van der Waals surface area contributed by atoms with E-state index in [1.54, 1.807) is 12.1 Å². The largest absolute Gasteiger partial charge is 0.368 e. The molecule has 0 saturated heterocycles. The smallest absolute Gasteiger partial charge is 0.251 e. The zero-order valence-electron chi connectivity index (χ0n) is 14.7. The molecule has 2 amide bonds. The van der Waals surface area contributed by atoms with Gasteiger partial charge < -0.3 is 11.1 Å². The first-order valence-electron chi connectivity index (χ1n) is 8.87. The highest BCUT2D eigenvalue weighted by atomic mass is 16.2. The standard InChI is InChI=1S/C21H26N2O2/c1-2-3-4-8-11-19(20(22)24)23-21(25)18-14-12-17(13-15-18)16-9-6-5-7-10-16/h5-7,9-10,12-15,19H,2-4,8,11H2,1H3,(H2,22,24)(H,23,25)/t19-/m0/s1. The van der Waals surface area contributed by atoms with E-state index in [4.69, 9.17) is 5.73 Å². The molecule has 0 aliphatic heterocycles. The predicted octanol–water partition coefficient (Wildman–Crippen LogP) is 3.91. The molecule has 2 aromatic carbocycles. The van der Waals surface area contributed by atoms with Crippen LogP contribution in [0.15, 0.2) is 54.6 Å². The van der Waals surface area contributed by atoms with E-state index in [0.717, 1.165) is 36.8 Å². The Hall–Kier alpha value is -2.62. The Morgan fingerprint density at radius 2 is 1.56 bits per heavy atom. The minimum absolute atomic E-state index is 0.265. The number of amides is 2. The van der Waals surface area contributed by atoms with Gasteiger partial charge in [-0.05, 0) is 29.7 Å². The molecule has 0 aliphatic carbocycles. The minimum atomic E-state index is -0.613. The molecule has 4 heteroatoms. The van der Waals surface area contributed by atoms with Crippen LogP contribution in [0.25, 0.3) is 11.1 Å². The van der Waals surface area contributed by atoms with Gasteiger partial charge in [-0.25, -0.2) is 0 Å². The van der Waals surface area contributed by atoms with Gasteiger partial charge in [0.25, 0.3) is 5.91 Å². The van der Waals surface area contributed by atoms with E-state index < -0.39 is 11.9 Å². The quantitative estimate of drug-likeness (QED) is 0.681. The van der Waals surface area contributed by atoms with Crippen LogP contribution in [0, 0.1) is 0 Å². The molecule has 25 heavy (non-hydrogen) atoms. The Morgan fingerprint density at radius 3 is 2.16 bits per heavy atom. The monoisotopic (exact) mass is 338 g/mol. The van der Waals surface area contributed by atoms with Crippen molar-refractivity contribution in [2.75, 3.05) is 0 Å². The van der Waals surface area contributed by atoms with E-state index in [2.05, 4.69) is 12.2 Å². The summed E-state index contributed by atoms with van der Waals surface area (Å²) in [6, 6.07) is 16.7. The van der Waals surface area contributed by atoms with Gasteiger partial charge in [0.2, 0.25) is 5.91 Å². The van der Waals surface area contributed by atoms with Gasteiger partial charge in [0.1, 0.15) is 6.04 Å². The second kappa shape index (κ2) is 9.62. The molecular formula is C21H26N2O2. The van der Waals surface area contributed by atoms with Crippen molar-refractivity contribution in [1.82, 2.24) is 5.32 Å². The molecular weight excluding hydrogens is 312 g/mol. The van der Waals surface area contributed by atoms with E-state index in [1.165, 1.54) is 0 Å². The van der Waals surface area contributed by atoms with E-state index in [1.807, 2.05) is 42.5 Å². The molecule has 1 atom stereocenters. The number of unbranched alkanes of at least 4 members (excludes halogenated alkanes) is 3. The molecule has 0 saturated carbocycles. The molecule has 0 radical (unpaired) electrons. The lowest BCUT2D eigenvalue weighted by Crippen LogP contribution is -2.44. The third-order valence-electron chi connectivity index (χ3n) is 4.25. The molecule has 0 spiro atoms. The van der Waals surface area contributed by atoms with Crippen LogP contribution in [0.2, 0.25) is 0 Å². The highest BCUT2D eigenvalue weighted by Crippen LogP contribution is 2.19. The van der Waals surface area contributed by atoms with Crippen molar-refractivity contribution >= 4 is 11.8 Å². The number of carbonyl (C=O) groups is 2. The fourth-order valence-corrected chi connectivity index (χ4v) is 2.75. The Morgan fingerprint density at radius 1 is 0.920 bits per heavy atom. The van der Waals surface area contributed by atoms with Crippen LogP contribution in [0.3, 0.4) is 0 Å². The molecule has 4 nitrogen and oxygen atoms in total. The van der Waals surface area contributed by atoms with Crippen molar-refractivity contribution in [2.45, 2.75) is 45.1 Å². The first-order chi connectivity index (χ1) is 12.1. The zero-order valence-corrected chi connectivity index (χ0v) is 14.7. The lowest BCUT2D eigenvalue weighted by Gasteiger charge is -2.15. The number of benzene rings is 2. The summed E-state index contributed by atoms with van der Waals surface area (Å²) in [5, 5.41) is 2.76. The predicted molar refractivity (Wildman–Crippen MR) is 101 cm³/mol. The van der Waals surface area contributed by atoms with Crippen LogP contribution in [-0.2, 0) is 4.79 Å². The maximum absolute atomic E-state index is 12.4. The average Bonchev–Trinajstić information content (AvgIpc) is 2.64. The van der Waals surface area contributed by atoms with Crippen molar-refractivity contribution in [1.29, 1.82) is 0 Å². The lowest BCUT2D eigenvalue weighted by atomic mass is 10.0. The maximum Gasteiger partial charge on any atom is 0.251 e. The molecule has 132 valence electrons. The van der Waals surface area contributed by atoms with E-state index in [0.29, 0.717) is 12.0 Å². The summed E-state index contributed by atoms with van der Waals surface area (Å²) >= 11 is 0. The fourth-order valence-electron chi connectivity index (χ4n) is 2.75. The second-order valence-electron chi connectivity index (χ2n) is 6.22. The number of hydrogen-bond donors (Lipinski definition) is 2. The number of nitrogens with two attached hydrogens (primary N) is 1. The van der Waals surface area contributed by atoms with Crippen molar-refractivity contribution in [2.24, 2.45) is 5.73 Å². The molecule has 0 aliphatic rings. The zero-order chi connectivity index (χ0) is 18.1. The van der Waals surface area contributed by atoms with E-state index >= 15 is 0 Å². The van der Waals surface area contributed by atoms with Gasteiger partial charge in [0.05, 0.1) is 0 Å². The first kappa shape index (κ1) is 18.7. The average molecular weight is 338 g/mol. The summed E-state index contributed by atoms with van der Waals surface area (Å²) in [5.74, 6) is -0.746. The van der Waals surface area contributed by atoms with E-state index in [-0.39, 0.29) is 5.91 Å². The number of nitrogens with one attached hydrogen (secondary N) is 1.